The van der Waals surface area contributed by atoms with Gasteiger partial charge in [0.15, 0.2) is 0 Å². The molecule has 1 atom stereocenters. The van der Waals surface area contributed by atoms with Crippen LogP contribution in [0.25, 0.3) is 0 Å². The summed E-state index contributed by atoms with van der Waals surface area (Å²) in [7, 11) is 0. The minimum atomic E-state index is -4.31. The molecule has 1 heterocycles. The Balaban J connectivity index is 1.86. The average Bonchev–Trinajstić information content (AvgIpc) is 2.37. The summed E-state index contributed by atoms with van der Waals surface area (Å²) in [5, 5.41) is 3.15. The van der Waals surface area contributed by atoms with Crippen molar-refractivity contribution in [3.8, 4) is 5.75 Å². The molecule has 1 aromatic carbocycles. The number of hydrogen-bond acceptors (Lipinski definition) is 3. The first-order valence-electron chi connectivity index (χ1n) is 5.68. The number of ether oxygens (including phenoxy) is 2. The first kappa shape index (κ1) is 13.2. The van der Waals surface area contributed by atoms with Crippen molar-refractivity contribution in [2.24, 2.45) is 0 Å². The molecule has 0 amide bonds. The molecule has 0 aliphatic carbocycles. The fourth-order valence-corrected chi connectivity index (χ4v) is 1.66. The summed E-state index contributed by atoms with van der Waals surface area (Å²) in [6.07, 6.45) is -4.37. The van der Waals surface area contributed by atoms with E-state index in [0.29, 0.717) is 25.5 Å². The van der Waals surface area contributed by atoms with E-state index in [9.17, 15) is 13.2 Å². The second-order valence-electron chi connectivity index (χ2n) is 4.03. The molecule has 1 saturated heterocycles. The molecule has 18 heavy (non-hydrogen) atoms. The molecule has 1 fully saturated rings. The maximum atomic E-state index is 12.3. The molecule has 0 radical (unpaired) electrons. The molecule has 2 rings (SSSR count). The summed E-state index contributed by atoms with van der Waals surface area (Å²) in [5.41, 5.74) is -0.676. The largest absolute Gasteiger partial charge is 0.491 e. The zero-order valence-corrected chi connectivity index (χ0v) is 9.67. The van der Waals surface area contributed by atoms with Crippen molar-refractivity contribution in [1.29, 1.82) is 0 Å². The highest BCUT2D eigenvalue weighted by Crippen LogP contribution is 2.30. The summed E-state index contributed by atoms with van der Waals surface area (Å²) < 4.78 is 47.8. The molecule has 0 unspecified atom stereocenters. The number of nitrogens with one attached hydrogen (secondary N) is 1. The Morgan fingerprint density at radius 2 is 2.00 bits per heavy atom. The SMILES string of the molecule is FC(F)(F)c1ccc(OC[C@@H]2CNCCO2)cc1. The Morgan fingerprint density at radius 3 is 2.56 bits per heavy atom. The van der Waals surface area contributed by atoms with Crippen LogP contribution in [0.5, 0.6) is 5.75 Å². The molecule has 0 saturated carbocycles. The van der Waals surface area contributed by atoms with Crippen molar-refractivity contribution >= 4 is 0 Å². The van der Waals surface area contributed by atoms with Crippen molar-refractivity contribution in [3.05, 3.63) is 29.8 Å². The topological polar surface area (TPSA) is 30.5 Å². The smallest absolute Gasteiger partial charge is 0.416 e. The zero-order chi connectivity index (χ0) is 13.0. The standard InChI is InChI=1S/C12H14F3NO2/c13-12(14,15)9-1-3-10(4-2-9)18-8-11-7-16-5-6-17-11/h1-4,11,16H,5-8H2/t11-/m0/s1. The number of hydrogen-bond donors (Lipinski definition) is 1. The van der Waals surface area contributed by atoms with Crippen molar-refractivity contribution in [2.45, 2.75) is 12.3 Å². The van der Waals surface area contributed by atoms with E-state index in [4.69, 9.17) is 9.47 Å². The van der Waals surface area contributed by atoms with Crippen LogP contribution in [0.1, 0.15) is 5.56 Å². The van der Waals surface area contributed by atoms with Crippen LogP contribution in [0.4, 0.5) is 13.2 Å². The molecule has 1 N–H and O–H groups in total. The minimum absolute atomic E-state index is 0.0546. The van der Waals surface area contributed by atoms with Crippen molar-refractivity contribution in [2.75, 3.05) is 26.3 Å². The lowest BCUT2D eigenvalue weighted by molar-refractivity contribution is -0.137. The predicted octanol–water partition coefficient (Wildman–Crippen LogP) is 2.07. The Morgan fingerprint density at radius 1 is 1.28 bits per heavy atom. The Labute approximate surface area is 103 Å². The molecule has 3 nitrogen and oxygen atoms in total. The van der Waals surface area contributed by atoms with Gasteiger partial charge in [-0.05, 0) is 24.3 Å². The fraction of sp³-hybridized carbons (Fsp3) is 0.500. The van der Waals surface area contributed by atoms with Gasteiger partial charge in [-0.25, -0.2) is 0 Å². The van der Waals surface area contributed by atoms with Gasteiger partial charge in [-0.1, -0.05) is 0 Å². The third kappa shape index (κ3) is 3.61. The molecule has 6 heteroatoms. The van der Waals surface area contributed by atoms with Crippen LogP contribution in [-0.2, 0) is 10.9 Å². The molecule has 0 aromatic heterocycles. The highest BCUT2D eigenvalue weighted by molar-refractivity contribution is 5.28. The van der Waals surface area contributed by atoms with Crippen LogP contribution in [0.3, 0.4) is 0 Å². The van der Waals surface area contributed by atoms with Gasteiger partial charge in [0.05, 0.1) is 12.2 Å². The van der Waals surface area contributed by atoms with Crippen LogP contribution < -0.4 is 10.1 Å². The number of alkyl halides is 3. The zero-order valence-electron chi connectivity index (χ0n) is 9.67. The van der Waals surface area contributed by atoms with Gasteiger partial charge in [0.1, 0.15) is 18.5 Å². The number of rotatable bonds is 3. The molecule has 1 aliphatic rings. The van der Waals surface area contributed by atoms with Gasteiger partial charge in [0.2, 0.25) is 0 Å². The third-order valence-electron chi connectivity index (χ3n) is 2.62. The van der Waals surface area contributed by atoms with E-state index in [0.717, 1.165) is 18.7 Å². The monoisotopic (exact) mass is 261 g/mol. The predicted molar refractivity (Wildman–Crippen MR) is 59.5 cm³/mol. The van der Waals surface area contributed by atoms with Crippen molar-refractivity contribution in [1.82, 2.24) is 5.32 Å². The van der Waals surface area contributed by atoms with Crippen LogP contribution in [-0.4, -0.2) is 32.4 Å². The summed E-state index contributed by atoms with van der Waals surface area (Å²) >= 11 is 0. The van der Waals surface area contributed by atoms with E-state index in [1.165, 1.54) is 12.1 Å². The molecule has 0 bridgehead atoms. The van der Waals surface area contributed by atoms with E-state index in [-0.39, 0.29) is 6.10 Å². The van der Waals surface area contributed by atoms with E-state index in [2.05, 4.69) is 5.32 Å². The molecular formula is C12H14F3NO2. The van der Waals surface area contributed by atoms with Crippen LogP contribution in [0, 0.1) is 0 Å². The van der Waals surface area contributed by atoms with Crippen LogP contribution >= 0.6 is 0 Å². The first-order valence-corrected chi connectivity index (χ1v) is 5.68. The number of halogens is 3. The summed E-state index contributed by atoms with van der Waals surface area (Å²) in [6.45, 7) is 2.47. The van der Waals surface area contributed by atoms with E-state index in [1.54, 1.807) is 0 Å². The van der Waals surface area contributed by atoms with E-state index >= 15 is 0 Å². The van der Waals surface area contributed by atoms with Gasteiger partial charge in [0.25, 0.3) is 0 Å². The Bertz CT molecular complexity index is 372. The summed E-state index contributed by atoms with van der Waals surface area (Å²) in [5.74, 6) is 0.414. The van der Waals surface area contributed by atoms with Gasteiger partial charge >= 0.3 is 6.18 Å². The van der Waals surface area contributed by atoms with Crippen LogP contribution in [0.2, 0.25) is 0 Å². The minimum Gasteiger partial charge on any atom is -0.491 e. The van der Waals surface area contributed by atoms with Gasteiger partial charge in [-0.2, -0.15) is 13.2 Å². The Kier molecular flexibility index (Phi) is 4.08. The molecule has 1 aromatic rings. The quantitative estimate of drug-likeness (QED) is 0.903. The van der Waals surface area contributed by atoms with Gasteiger partial charge < -0.3 is 14.8 Å². The highest BCUT2D eigenvalue weighted by atomic mass is 19.4. The molecule has 1 aliphatic heterocycles. The number of morpholine rings is 1. The lowest BCUT2D eigenvalue weighted by Crippen LogP contribution is -2.41. The van der Waals surface area contributed by atoms with Crippen LogP contribution in [0.15, 0.2) is 24.3 Å². The lowest BCUT2D eigenvalue weighted by atomic mass is 10.2. The van der Waals surface area contributed by atoms with E-state index in [1.807, 2.05) is 0 Å². The van der Waals surface area contributed by atoms with Gasteiger partial charge in [0, 0.05) is 13.1 Å². The normalized spacial score (nSPS) is 20.7. The molecule has 100 valence electrons. The molecule has 0 spiro atoms. The Hall–Kier alpha value is -1.27. The summed E-state index contributed by atoms with van der Waals surface area (Å²) in [4.78, 5) is 0. The third-order valence-corrected chi connectivity index (χ3v) is 2.62. The van der Waals surface area contributed by atoms with E-state index < -0.39 is 11.7 Å². The molecular weight excluding hydrogens is 247 g/mol. The number of benzene rings is 1. The summed E-state index contributed by atoms with van der Waals surface area (Å²) in [6, 6.07) is 4.66. The highest BCUT2D eigenvalue weighted by Gasteiger charge is 2.30. The van der Waals surface area contributed by atoms with Gasteiger partial charge in [-0.3, -0.25) is 0 Å². The van der Waals surface area contributed by atoms with Crippen molar-refractivity contribution in [3.63, 3.8) is 0 Å². The lowest BCUT2D eigenvalue weighted by Gasteiger charge is -2.23. The fourth-order valence-electron chi connectivity index (χ4n) is 1.66. The first-order chi connectivity index (χ1) is 8.55. The maximum absolute atomic E-state index is 12.3. The second-order valence-corrected chi connectivity index (χ2v) is 4.03. The average molecular weight is 261 g/mol. The van der Waals surface area contributed by atoms with Crippen molar-refractivity contribution < 1.29 is 22.6 Å². The maximum Gasteiger partial charge on any atom is 0.416 e. The second kappa shape index (κ2) is 5.58. The van der Waals surface area contributed by atoms with Gasteiger partial charge in [-0.15, -0.1) is 0 Å².